The summed E-state index contributed by atoms with van der Waals surface area (Å²) >= 11 is 0. The number of carbonyl (C=O) groups excluding carboxylic acids is 1. The lowest BCUT2D eigenvalue weighted by Crippen LogP contribution is -2.32. The largest absolute Gasteiger partial charge is 0.341 e. The van der Waals surface area contributed by atoms with Crippen molar-refractivity contribution in [2.75, 3.05) is 7.05 Å². The summed E-state index contributed by atoms with van der Waals surface area (Å²) in [6.07, 6.45) is 3.25. The molecular weight excluding hydrogens is 248 g/mol. The fourth-order valence-corrected chi connectivity index (χ4v) is 3.21. The van der Waals surface area contributed by atoms with Gasteiger partial charge in [0.25, 0.3) is 0 Å². The topological polar surface area (TPSA) is 20.3 Å². The Hall–Kier alpha value is -1.45. The van der Waals surface area contributed by atoms with Gasteiger partial charge in [0.05, 0.1) is 0 Å². The van der Waals surface area contributed by atoms with E-state index in [-0.39, 0.29) is 18.4 Å². The zero-order chi connectivity index (χ0) is 13.6. The standard InChI is InChI=1S/C15H17F2NO/c1-18(8-9-2-3-13(16)7-14(9)17)15(19)12-5-10-4-11(10)6-12/h2-3,7,10-12H,4-6,8H2,1H3. The van der Waals surface area contributed by atoms with Crippen molar-refractivity contribution in [3.8, 4) is 0 Å². The van der Waals surface area contributed by atoms with Crippen molar-refractivity contribution in [1.29, 1.82) is 0 Å². The molecule has 0 aromatic heterocycles. The normalized spacial score (nSPS) is 28.1. The van der Waals surface area contributed by atoms with Crippen LogP contribution in [-0.2, 0) is 11.3 Å². The predicted molar refractivity (Wildman–Crippen MR) is 67.2 cm³/mol. The number of halogens is 2. The Kier molecular flexibility index (Phi) is 3.03. The van der Waals surface area contributed by atoms with Gasteiger partial charge < -0.3 is 4.90 Å². The molecule has 2 saturated carbocycles. The second-order valence-corrected chi connectivity index (χ2v) is 5.85. The first-order valence-corrected chi connectivity index (χ1v) is 6.73. The van der Waals surface area contributed by atoms with Crippen molar-refractivity contribution in [2.24, 2.45) is 17.8 Å². The second kappa shape index (κ2) is 4.58. The molecule has 0 radical (unpaired) electrons. The lowest BCUT2D eigenvalue weighted by molar-refractivity contribution is -0.134. The molecule has 2 aliphatic rings. The second-order valence-electron chi connectivity index (χ2n) is 5.85. The van der Waals surface area contributed by atoms with Crippen molar-refractivity contribution < 1.29 is 13.6 Å². The van der Waals surface area contributed by atoms with Crippen LogP contribution in [0, 0.1) is 29.4 Å². The third-order valence-electron chi connectivity index (χ3n) is 4.39. The van der Waals surface area contributed by atoms with Gasteiger partial charge in [0.2, 0.25) is 5.91 Å². The van der Waals surface area contributed by atoms with Crippen LogP contribution in [0.2, 0.25) is 0 Å². The molecule has 0 bridgehead atoms. The van der Waals surface area contributed by atoms with Gasteiger partial charge in [0.15, 0.2) is 0 Å². The fraction of sp³-hybridized carbons (Fsp3) is 0.533. The molecular formula is C15H17F2NO. The Morgan fingerprint density at radius 3 is 2.58 bits per heavy atom. The molecule has 1 amide bonds. The molecule has 0 aliphatic heterocycles. The van der Waals surface area contributed by atoms with Crippen LogP contribution in [0.1, 0.15) is 24.8 Å². The maximum atomic E-state index is 13.5. The molecule has 2 nitrogen and oxygen atoms in total. The number of rotatable bonds is 3. The number of amides is 1. The van der Waals surface area contributed by atoms with E-state index < -0.39 is 11.6 Å². The summed E-state index contributed by atoms with van der Waals surface area (Å²) < 4.78 is 26.4. The Labute approximate surface area is 111 Å². The maximum absolute atomic E-state index is 13.5. The van der Waals surface area contributed by atoms with Crippen LogP contribution in [0.15, 0.2) is 18.2 Å². The third-order valence-corrected chi connectivity index (χ3v) is 4.39. The van der Waals surface area contributed by atoms with E-state index in [1.54, 1.807) is 11.9 Å². The Morgan fingerprint density at radius 1 is 1.26 bits per heavy atom. The van der Waals surface area contributed by atoms with Crippen LogP contribution in [0.4, 0.5) is 8.78 Å². The zero-order valence-electron chi connectivity index (χ0n) is 10.9. The lowest BCUT2D eigenvalue weighted by Gasteiger charge is -2.22. The molecule has 4 heteroatoms. The van der Waals surface area contributed by atoms with E-state index in [1.165, 1.54) is 18.6 Å². The first-order valence-electron chi connectivity index (χ1n) is 6.73. The van der Waals surface area contributed by atoms with Crippen molar-refractivity contribution >= 4 is 5.91 Å². The molecule has 1 aromatic carbocycles. The summed E-state index contributed by atoms with van der Waals surface area (Å²) in [6, 6.07) is 3.49. The molecule has 2 unspecified atom stereocenters. The monoisotopic (exact) mass is 265 g/mol. The summed E-state index contributed by atoms with van der Waals surface area (Å²) in [5.74, 6) is 0.531. The van der Waals surface area contributed by atoms with Crippen LogP contribution >= 0.6 is 0 Å². The summed E-state index contributed by atoms with van der Waals surface area (Å²) in [7, 11) is 1.69. The van der Waals surface area contributed by atoms with Crippen molar-refractivity contribution in [1.82, 2.24) is 4.90 Å². The third kappa shape index (κ3) is 2.48. The SMILES string of the molecule is CN(Cc1ccc(F)cc1F)C(=O)C1CC2CC2C1. The summed E-state index contributed by atoms with van der Waals surface area (Å²) in [4.78, 5) is 13.8. The summed E-state index contributed by atoms with van der Waals surface area (Å²) in [5, 5.41) is 0. The minimum atomic E-state index is -0.592. The van der Waals surface area contributed by atoms with Gasteiger partial charge in [-0.15, -0.1) is 0 Å². The molecule has 0 spiro atoms. The van der Waals surface area contributed by atoms with Crippen LogP contribution in [-0.4, -0.2) is 17.9 Å². The lowest BCUT2D eigenvalue weighted by atomic mass is 10.0. The van der Waals surface area contributed by atoms with Gasteiger partial charge in [-0.1, -0.05) is 6.07 Å². The molecule has 2 fully saturated rings. The molecule has 1 aromatic rings. The van der Waals surface area contributed by atoms with Gasteiger partial charge in [-0.2, -0.15) is 0 Å². The molecule has 0 saturated heterocycles. The van der Waals surface area contributed by atoms with E-state index in [4.69, 9.17) is 0 Å². The molecule has 102 valence electrons. The highest BCUT2D eigenvalue weighted by Gasteiger charge is 2.48. The van der Waals surface area contributed by atoms with Gasteiger partial charge >= 0.3 is 0 Å². The zero-order valence-corrected chi connectivity index (χ0v) is 10.9. The smallest absolute Gasteiger partial charge is 0.225 e. The van der Waals surface area contributed by atoms with Gasteiger partial charge in [0.1, 0.15) is 11.6 Å². The van der Waals surface area contributed by atoms with E-state index in [2.05, 4.69) is 0 Å². The summed E-state index contributed by atoms with van der Waals surface area (Å²) in [6.45, 7) is 0.205. The highest BCUT2D eigenvalue weighted by atomic mass is 19.1. The molecule has 3 rings (SSSR count). The Bertz CT molecular complexity index is 507. The van der Waals surface area contributed by atoms with Gasteiger partial charge in [-0.05, 0) is 37.2 Å². The number of hydrogen-bond acceptors (Lipinski definition) is 1. The number of benzene rings is 1. The van der Waals surface area contributed by atoms with E-state index >= 15 is 0 Å². The molecule has 19 heavy (non-hydrogen) atoms. The number of nitrogens with zero attached hydrogens (tertiary/aromatic N) is 1. The first kappa shape index (κ1) is 12.6. The molecule has 2 atom stereocenters. The first-order chi connectivity index (χ1) is 9.04. The Balaban J connectivity index is 1.63. The molecule has 0 heterocycles. The van der Waals surface area contributed by atoms with E-state index in [9.17, 15) is 13.6 Å². The van der Waals surface area contributed by atoms with Crippen molar-refractivity contribution in [3.63, 3.8) is 0 Å². The number of hydrogen-bond donors (Lipinski definition) is 0. The minimum absolute atomic E-state index is 0.0934. The van der Waals surface area contributed by atoms with Gasteiger partial charge in [0, 0.05) is 31.1 Å². The average molecular weight is 265 g/mol. The highest BCUT2D eigenvalue weighted by molar-refractivity contribution is 5.79. The maximum Gasteiger partial charge on any atom is 0.225 e. The van der Waals surface area contributed by atoms with Crippen LogP contribution in [0.3, 0.4) is 0 Å². The van der Waals surface area contributed by atoms with Gasteiger partial charge in [-0.3, -0.25) is 4.79 Å². The van der Waals surface area contributed by atoms with Crippen molar-refractivity contribution in [3.05, 3.63) is 35.4 Å². The van der Waals surface area contributed by atoms with E-state index in [0.717, 1.165) is 30.7 Å². The van der Waals surface area contributed by atoms with Crippen LogP contribution in [0.5, 0.6) is 0 Å². The Morgan fingerprint density at radius 2 is 1.95 bits per heavy atom. The van der Waals surface area contributed by atoms with Crippen LogP contribution < -0.4 is 0 Å². The molecule has 2 aliphatic carbocycles. The van der Waals surface area contributed by atoms with E-state index in [0.29, 0.717) is 5.56 Å². The average Bonchev–Trinajstić information content (AvgIpc) is 2.98. The quantitative estimate of drug-likeness (QED) is 0.822. The van der Waals surface area contributed by atoms with E-state index in [1.807, 2.05) is 0 Å². The van der Waals surface area contributed by atoms with Gasteiger partial charge in [-0.25, -0.2) is 8.78 Å². The minimum Gasteiger partial charge on any atom is -0.341 e. The summed E-state index contributed by atoms with van der Waals surface area (Å²) in [5.41, 5.74) is 0.361. The van der Waals surface area contributed by atoms with Crippen molar-refractivity contribution in [2.45, 2.75) is 25.8 Å². The number of carbonyl (C=O) groups is 1. The fourth-order valence-electron chi connectivity index (χ4n) is 3.21. The predicted octanol–water partition coefficient (Wildman–Crippen LogP) is 2.97. The molecule has 0 N–H and O–H groups in total. The number of fused-ring (bicyclic) bond motifs is 1. The highest BCUT2D eigenvalue weighted by Crippen LogP contribution is 2.54. The van der Waals surface area contributed by atoms with Crippen LogP contribution in [0.25, 0.3) is 0 Å².